The molecule has 4 nitrogen and oxygen atoms in total. The van der Waals surface area contributed by atoms with Crippen molar-refractivity contribution in [3.05, 3.63) is 68.6 Å². The molecular formula is C22H18Br2O4. The lowest BCUT2D eigenvalue weighted by Crippen LogP contribution is -2.31. The first-order chi connectivity index (χ1) is 13.4. The Kier molecular flexibility index (Phi) is 3.89. The van der Waals surface area contributed by atoms with E-state index in [0.717, 1.165) is 20.1 Å². The van der Waals surface area contributed by atoms with Gasteiger partial charge in [0.05, 0.1) is 25.0 Å². The summed E-state index contributed by atoms with van der Waals surface area (Å²) in [5.41, 5.74) is 0.661. The van der Waals surface area contributed by atoms with Crippen molar-refractivity contribution in [2.45, 2.75) is 10.8 Å². The molecule has 0 heterocycles. The maximum absolute atomic E-state index is 12.9. The van der Waals surface area contributed by atoms with Gasteiger partial charge in [-0.3, -0.25) is 9.59 Å². The molecule has 28 heavy (non-hydrogen) atoms. The molecule has 0 saturated heterocycles. The molecule has 3 aliphatic carbocycles. The topological polar surface area (TPSA) is 52.6 Å². The van der Waals surface area contributed by atoms with Gasteiger partial charge in [0.1, 0.15) is 0 Å². The van der Waals surface area contributed by atoms with Gasteiger partial charge >= 0.3 is 11.9 Å². The van der Waals surface area contributed by atoms with Crippen LogP contribution < -0.4 is 0 Å². The first-order valence-electron chi connectivity index (χ1n) is 9.14. The molecule has 2 aromatic carbocycles. The van der Waals surface area contributed by atoms with E-state index in [1.54, 1.807) is 0 Å². The molecule has 6 heteroatoms. The molecule has 144 valence electrons. The van der Waals surface area contributed by atoms with Gasteiger partial charge in [-0.1, -0.05) is 56.1 Å². The summed E-state index contributed by atoms with van der Waals surface area (Å²) in [6, 6.07) is 15.7. The summed E-state index contributed by atoms with van der Waals surface area (Å²) in [7, 11) is 2.88. The zero-order chi connectivity index (χ0) is 19.8. The molecule has 3 saturated carbocycles. The second-order valence-corrected chi connectivity index (χ2v) is 9.67. The molecular weight excluding hydrogens is 488 g/mol. The summed E-state index contributed by atoms with van der Waals surface area (Å²) in [5.74, 6) is 0.0173. The summed E-state index contributed by atoms with van der Waals surface area (Å²) < 4.78 is 12.4. The normalized spacial score (nSPS) is 36.4. The number of carbonyl (C=O) groups is 2. The van der Waals surface area contributed by atoms with Crippen molar-refractivity contribution in [1.29, 1.82) is 0 Å². The van der Waals surface area contributed by atoms with E-state index in [-0.39, 0.29) is 35.6 Å². The van der Waals surface area contributed by atoms with Gasteiger partial charge in [-0.2, -0.15) is 0 Å². The van der Waals surface area contributed by atoms with E-state index < -0.39 is 10.8 Å². The minimum Gasteiger partial charge on any atom is -0.468 e. The highest BCUT2D eigenvalue weighted by atomic mass is 79.9. The van der Waals surface area contributed by atoms with Crippen LogP contribution in [-0.2, 0) is 29.9 Å². The quantitative estimate of drug-likeness (QED) is 0.583. The second-order valence-electron chi connectivity index (χ2n) is 7.84. The summed E-state index contributed by atoms with van der Waals surface area (Å²) in [5, 5.41) is 0. The minimum absolute atomic E-state index is 0.105. The first kappa shape index (κ1) is 18.4. The number of hydrogen-bond acceptors (Lipinski definition) is 4. The SMILES string of the molecule is COC(=O)C1(c2ccc(Br)cc2)C2C1C1C2C1(C(=O)OC)c1ccc(Br)cc1. The molecule has 3 fully saturated rings. The molecule has 0 spiro atoms. The third-order valence-electron chi connectivity index (χ3n) is 7.12. The highest BCUT2D eigenvalue weighted by Crippen LogP contribution is 2.92. The summed E-state index contributed by atoms with van der Waals surface area (Å²) in [4.78, 5) is 25.8. The Morgan fingerprint density at radius 3 is 1.21 bits per heavy atom. The van der Waals surface area contributed by atoms with Crippen LogP contribution in [0.3, 0.4) is 0 Å². The molecule has 3 aliphatic rings. The molecule has 0 unspecified atom stereocenters. The van der Waals surface area contributed by atoms with E-state index in [2.05, 4.69) is 31.9 Å². The number of fused-ring (bicyclic) bond motifs is 4. The number of esters is 2. The van der Waals surface area contributed by atoms with Crippen molar-refractivity contribution in [1.82, 2.24) is 0 Å². The van der Waals surface area contributed by atoms with E-state index in [1.165, 1.54) is 14.2 Å². The molecule has 0 radical (unpaired) electrons. The van der Waals surface area contributed by atoms with Gasteiger partial charge in [0.15, 0.2) is 0 Å². The number of carbonyl (C=O) groups excluding carboxylic acids is 2. The lowest BCUT2D eigenvalue weighted by Gasteiger charge is -2.20. The largest absolute Gasteiger partial charge is 0.468 e. The number of methoxy groups -OCH3 is 2. The van der Waals surface area contributed by atoms with Gasteiger partial charge in [0, 0.05) is 8.95 Å². The van der Waals surface area contributed by atoms with Crippen LogP contribution in [0.1, 0.15) is 11.1 Å². The third kappa shape index (κ3) is 1.96. The summed E-state index contributed by atoms with van der Waals surface area (Å²) in [6.45, 7) is 0. The monoisotopic (exact) mass is 504 g/mol. The molecule has 2 aromatic rings. The van der Waals surface area contributed by atoms with E-state index >= 15 is 0 Å². The number of hydrogen-bond donors (Lipinski definition) is 0. The van der Waals surface area contributed by atoms with Gasteiger partial charge in [0.2, 0.25) is 0 Å². The Labute approximate surface area is 179 Å². The fraction of sp³-hybridized carbons (Fsp3) is 0.364. The Hall–Kier alpha value is -1.66. The Morgan fingerprint density at radius 2 is 0.964 bits per heavy atom. The van der Waals surface area contributed by atoms with Crippen molar-refractivity contribution >= 4 is 43.8 Å². The second kappa shape index (κ2) is 5.92. The van der Waals surface area contributed by atoms with Gasteiger partial charge in [-0.05, 0) is 59.1 Å². The van der Waals surface area contributed by atoms with Crippen LogP contribution in [0.2, 0.25) is 0 Å². The Balaban J connectivity index is 1.56. The predicted molar refractivity (Wildman–Crippen MR) is 110 cm³/mol. The van der Waals surface area contributed by atoms with Gasteiger partial charge < -0.3 is 9.47 Å². The lowest BCUT2D eigenvalue weighted by molar-refractivity contribution is -0.147. The van der Waals surface area contributed by atoms with Crippen molar-refractivity contribution in [2.75, 3.05) is 14.2 Å². The number of benzene rings is 2. The summed E-state index contributed by atoms with van der Waals surface area (Å²) >= 11 is 6.91. The number of ether oxygens (including phenoxy) is 2. The molecule has 5 rings (SSSR count). The highest BCUT2D eigenvalue weighted by molar-refractivity contribution is 9.10. The number of halogens is 2. The van der Waals surface area contributed by atoms with Crippen molar-refractivity contribution in [2.24, 2.45) is 23.7 Å². The number of rotatable bonds is 4. The van der Waals surface area contributed by atoms with Crippen LogP contribution in [-0.4, -0.2) is 26.2 Å². The third-order valence-corrected chi connectivity index (χ3v) is 8.18. The fourth-order valence-corrected chi connectivity index (χ4v) is 6.63. The van der Waals surface area contributed by atoms with Crippen molar-refractivity contribution < 1.29 is 19.1 Å². The lowest BCUT2D eigenvalue weighted by atomic mass is 9.85. The standard InChI is InChI=1S/C22H18Br2O4/c1-27-19(25)21(11-3-7-13(23)8-4-11)15-16(21)18-17(15)22(18,20(26)28-2)12-5-9-14(24)10-6-12/h3-10,15-18H,1-2H3. The molecule has 0 bridgehead atoms. The van der Waals surface area contributed by atoms with E-state index in [0.29, 0.717) is 0 Å². The maximum atomic E-state index is 12.9. The van der Waals surface area contributed by atoms with Crippen LogP contribution in [0.25, 0.3) is 0 Å². The van der Waals surface area contributed by atoms with E-state index in [9.17, 15) is 9.59 Å². The van der Waals surface area contributed by atoms with E-state index in [1.807, 2.05) is 48.5 Å². The van der Waals surface area contributed by atoms with E-state index in [4.69, 9.17) is 9.47 Å². The maximum Gasteiger partial charge on any atom is 0.316 e. The zero-order valence-corrected chi connectivity index (χ0v) is 18.5. The predicted octanol–water partition coefficient (Wildman–Crippen LogP) is 4.24. The molecule has 0 N–H and O–H groups in total. The molecule has 0 amide bonds. The highest BCUT2D eigenvalue weighted by Gasteiger charge is 2.98. The van der Waals surface area contributed by atoms with Crippen LogP contribution in [0.5, 0.6) is 0 Å². The van der Waals surface area contributed by atoms with Crippen LogP contribution in [0, 0.1) is 23.7 Å². The average Bonchev–Trinajstić information content (AvgIpc) is 3.49. The Morgan fingerprint density at radius 1 is 0.679 bits per heavy atom. The van der Waals surface area contributed by atoms with Gasteiger partial charge in [-0.15, -0.1) is 0 Å². The van der Waals surface area contributed by atoms with Gasteiger partial charge in [-0.25, -0.2) is 0 Å². The van der Waals surface area contributed by atoms with Crippen molar-refractivity contribution in [3.8, 4) is 0 Å². The zero-order valence-electron chi connectivity index (χ0n) is 15.3. The summed E-state index contributed by atoms with van der Waals surface area (Å²) in [6.07, 6.45) is 0. The minimum atomic E-state index is -0.641. The molecule has 0 atom stereocenters. The average molecular weight is 506 g/mol. The van der Waals surface area contributed by atoms with Crippen LogP contribution in [0.15, 0.2) is 57.5 Å². The van der Waals surface area contributed by atoms with Gasteiger partial charge in [0.25, 0.3) is 0 Å². The first-order valence-corrected chi connectivity index (χ1v) is 10.7. The molecule has 0 aliphatic heterocycles. The van der Waals surface area contributed by atoms with Crippen molar-refractivity contribution in [3.63, 3.8) is 0 Å². The fourth-order valence-electron chi connectivity index (χ4n) is 6.10. The smallest absolute Gasteiger partial charge is 0.316 e. The molecule has 0 aromatic heterocycles. The van der Waals surface area contributed by atoms with Crippen LogP contribution in [0.4, 0.5) is 0 Å². The van der Waals surface area contributed by atoms with Crippen LogP contribution >= 0.6 is 31.9 Å². The Bertz CT molecular complexity index is 877.